The minimum atomic E-state index is -3.10. The SMILES string of the molecule is CCN(C(=O)COC(=O)[C@H]1COc2ccccc2O1)[C@@H]1CCS(=O)(=O)C1. The maximum Gasteiger partial charge on any atom is 0.351 e. The van der Waals surface area contributed by atoms with Crippen LogP contribution in [0.3, 0.4) is 0 Å². The third kappa shape index (κ3) is 4.09. The molecule has 0 spiro atoms. The molecule has 1 saturated heterocycles. The average Bonchev–Trinajstić information content (AvgIpc) is 2.99. The van der Waals surface area contributed by atoms with Crippen LogP contribution in [0, 0.1) is 0 Å². The van der Waals surface area contributed by atoms with E-state index < -0.39 is 34.4 Å². The zero-order chi connectivity index (χ0) is 18.7. The molecule has 0 aromatic heterocycles. The van der Waals surface area contributed by atoms with Crippen molar-refractivity contribution in [2.75, 3.05) is 31.3 Å². The fourth-order valence-corrected chi connectivity index (χ4v) is 4.83. The molecular formula is C17H21NO7S. The number of benzene rings is 1. The first kappa shape index (κ1) is 18.5. The third-order valence-corrected chi connectivity index (χ3v) is 6.17. The molecule has 2 aliphatic heterocycles. The minimum absolute atomic E-state index is 0.00238. The number of amides is 1. The van der Waals surface area contributed by atoms with Crippen molar-refractivity contribution < 1.29 is 32.2 Å². The molecule has 2 atom stereocenters. The summed E-state index contributed by atoms with van der Waals surface area (Å²) in [6.45, 7) is 1.67. The Morgan fingerprint density at radius 1 is 1.27 bits per heavy atom. The molecule has 0 aliphatic carbocycles. The number of carbonyl (C=O) groups excluding carboxylic acids is 2. The quantitative estimate of drug-likeness (QED) is 0.679. The van der Waals surface area contributed by atoms with Crippen LogP contribution in [0.2, 0.25) is 0 Å². The molecule has 1 fully saturated rings. The van der Waals surface area contributed by atoms with Crippen molar-refractivity contribution >= 4 is 21.7 Å². The summed E-state index contributed by atoms with van der Waals surface area (Å²) in [7, 11) is -3.10. The first-order valence-corrected chi connectivity index (χ1v) is 10.3. The van der Waals surface area contributed by atoms with E-state index in [9.17, 15) is 18.0 Å². The van der Waals surface area contributed by atoms with Crippen LogP contribution < -0.4 is 9.47 Å². The number of sulfone groups is 1. The normalized spacial score (nSPS) is 23.3. The monoisotopic (exact) mass is 383 g/mol. The van der Waals surface area contributed by atoms with E-state index in [4.69, 9.17) is 14.2 Å². The third-order valence-electron chi connectivity index (χ3n) is 4.42. The molecule has 0 N–H and O–H groups in total. The molecule has 8 nitrogen and oxygen atoms in total. The molecule has 1 aromatic rings. The number of carbonyl (C=O) groups is 2. The van der Waals surface area contributed by atoms with Crippen molar-refractivity contribution in [2.24, 2.45) is 0 Å². The van der Waals surface area contributed by atoms with E-state index in [0.717, 1.165) is 0 Å². The predicted molar refractivity (Wildman–Crippen MR) is 91.8 cm³/mol. The number of esters is 1. The number of hydrogen-bond donors (Lipinski definition) is 0. The second kappa shape index (κ2) is 7.53. The lowest BCUT2D eigenvalue weighted by atomic mass is 10.2. The molecule has 2 aliphatic rings. The molecule has 0 radical (unpaired) electrons. The smallest absolute Gasteiger partial charge is 0.351 e. The van der Waals surface area contributed by atoms with Gasteiger partial charge in [-0.25, -0.2) is 13.2 Å². The summed E-state index contributed by atoms with van der Waals surface area (Å²) in [5.74, 6) is -0.0845. The van der Waals surface area contributed by atoms with Crippen molar-refractivity contribution in [2.45, 2.75) is 25.5 Å². The molecule has 0 saturated carbocycles. The van der Waals surface area contributed by atoms with E-state index >= 15 is 0 Å². The van der Waals surface area contributed by atoms with E-state index in [1.165, 1.54) is 4.90 Å². The molecular weight excluding hydrogens is 362 g/mol. The number of ether oxygens (including phenoxy) is 3. The molecule has 9 heteroatoms. The van der Waals surface area contributed by atoms with Crippen molar-refractivity contribution in [1.82, 2.24) is 4.90 Å². The van der Waals surface area contributed by atoms with Gasteiger partial charge in [-0.15, -0.1) is 0 Å². The van der Waals surface area contributed by atoms with Gasteiger partial charge in [0, 0.05) is 12.6 Å². The predicted octanol–water partition coefficient (Wildman–Crippen LogP) is 0.405. The summed E-state index contributed by atoms with van der Waals surface area (Å²) >= 11 is 0. The second-order valence-electron chi connectivity index (χ2n) is 6.21. The van der Waals surface area contributed by atoms with Crippen molar-refractivity contribution in [3.05, 3.63) is 24.3 Å². The molecule has 3 rings (SSSR count). The Balaban J connectivity index is 1.53. The first-order valence-electron chi connectivity index (χ1n) is 8.44. The first-order chi connectivity index (χ1) is 12.4. The van der Waals surface area contributed by atoms with Gasteiger partial charge >= 0.3 is 5.97 Å². The number of hydrogen-bond acceptors (Lipinski definition) is 7. The van der Waals surface area contributed by atoms with Crippen LogP contribution in [-0.2, 0) is 24.2 Å². The van der Waals surface area contributed by atoms with Gasteiger partial charge in [0.2, 0.25) is 6.10 Å². The van der Waals surface area contributed by atoms with Gasteiger partial charge < -0.3 is 19.1 Å². The Hall–Kier alpha value is -2.29. The van der Waals surface area contributed by atoms with Gasteiger partial charge in [0.05, 0.1) is 11.5 Å². The average molecular weight is 383 g/mol. The van der Waals surface area contributed by atoms with E-state index in [0.29, 0.717) is 24.5 Å². The molecule has 142 valence electrons. The Kier molecular flexibility index (Phi) is 5.36. The van der Waals surface area contributed by atoms with Gasteiger partial charge in [0.25, 0.3) is 5.91 Å². The number of nitrogens with zero attached hydrogens (tertiary/aromatic N) is 1. The zero-order valence-corrected chi connectivity index (χ0v) is 15.2. The van der Waals surface area contributed by atoms with E-state index in [2.05, 4.69) is 0 Å². The lowest BCUT2D eigenvalue weighted by molar-refractivity contribution is -0.160. The van der Waals surface area contributed by atoms with Crippen LogP contribution >= 0.6 is 0 Å². The Morgan fingerprint density at radius 3 is 2.65 bits per heavy atom. The van der Waals surface area contributed by atoms with Crippen molar-refractivity contribution in [3.8, 4) is 11.5 Å². The summed E-state index contributed by atoms with van der Waals surface area (Å²) < 4.78 is 39.3. The largest absolute Gasteiger partial charge is 0.485 e. The Morgan fingerprint density at radius 2 is 2.00 bits per heavy atom. The van der Waals surface area contributed by atoms with E-state index in [-0.39, 0.29) is 24.2 Å². The van der Waals surface area contributed by atoms with Gasteiger partial charge in [-0.2, -0.15) is 0 Å². The Labute approximate surface area is 151 Å². The molecule has 1 aromatic carbocycles. The fourth-order valence-electron chi connectivity index (χ4n) is 3.10. The molecule has 26 heavy (non-hydrogen) atoms. The van der Waals surface area contributed by atoms with Crippen LogP contribution in [0.5, 0.6) is 11.5 Å². The fraction of sp³-hybridized carbons (Fsp3) is 0.529. The lowest BCUT2D eigenvalue weighted by Crippen LogP contribution is -2.44. The number of rotatable bonds is 5. The van der Waals surface area contributed by atoms with Crippen LogP contribution in [-0.4, -0.2) is 68.6 Å². The standard InChI is InChI=1S/C17H21NO7S/c1-2-18(12-7-8-26(21,22)11-12)16(19)10-24-17(20)15-9-23-13-5-3-4-6-14(13)25-15/h3-6,12,15H,2,7-11H2,1H3/t12-,15-/m1/s1. The molecule has 1 amide bonds. The highest BCUT2D eigenvalue weighted by Gasteiger charge is 2.35. The number of likely N-dealkylation sites (N-methyl/N-ethyl adjacent to an activating group) is 1. The lowest BCUT2D eigenvalue weighted by Gasteiger charge is -2.28. The van der Waals surface area contributed by atoms with Gasteiger partial charge in [0.15, 0.2) is 27.9 Å². The van der Waals surface area contributed by atoms with E-state index in [1.807, 2.05) is 0 Å². The van der Waals surface area contributed by atoms with Crippen LogP contribution in [0.4, 0.5) is 0 Å². The summed E-state index contributed by atoms with van der Waals surface area (Å²) in [4.78, 5) is 25.9. The maximum atomic E-state index is 12.3. The molecule has 2 heterocycles. The highest BCUT2D eigenvalue weighted by atomic mass is 32.2. The van der Waals surface area contributed by atoms with Gasteiger partial charge in [0.1, 0.15) is 6.61 Å². The molecule has 0 unspecified atom stereocenters. The van der Waals surface area contributed by atoms with Crippen molar-refractivity contribution in [3.63, 3.8) is 0 Å². The van der Waals surface area contributed by atoms with Gasteiger partial charge in [-0.05, 0) is 25.5 Å². The molecule has 0 bridgehead atoms. The van der Waals surface area contributed by atoms with E-state index in [1.54, 1.807) is 31.2 Å². The highest BCUT2D eigenvalue weighted by Crippen LogP contribution is 2.31. The summed E-state index contributed by atoms with van der Waals surface area (Å²) in [6, 6.07) is 6.60. The summed E-state index contributed by atoms with van der Waals surface area (Å²) in [5.41, 5.74) is 0. The number of fused-ring (bicyclic) bond motifs is 1. The summed E-state index contributed by atoms with van der Waals surface area (Å²) in [6.07, 6.45) is -0.536. The zero-order valence-electron chi connectivity index (χ0n) is 14.4. The maximum absolute atomic E-state index is 12.3. The van der Waals surface area contributed by atoms with Gasteiger partial charge in [-0.3, -0.25) is 4.79 Å². The van der Waals surface area contributed by atoms with Crippen LogP contribution in [0.15, 0.2) is 24.3 Å². The van der Waals surface area contributed by atoms with Crippen LogP contribution in [0.25, 0.3) is 0 Å². The second-order valence-corrected chi connectivity index (χ2v) is 8.44. The summed E-state index contributed by atoms with van der Waals surface area (Å²) in [5, 5.41) is 0. The number of para-hydroxylation sites is 2. The van der Waals surface area contributed by atoms with Crippen molar-refractivity contribution in [1.29, 1.82) is 0 Å². The minimum Gasteiger partial charge on any atom is -0.485 e. The van der Waals surface area contributed by atoms with Gasteiger partial charge in [-0.1, -0.05) is 12.1 Å². The highest BCUT2D eigenvalue weighted by molar-refractivity contribution is 7.91. The topological polar surface area (TPSA) is 99.2 Å². The Bertz CT molecular complexity index is 792. The van der Waals surface area contributed by atoms with Crippen LogP contribution in [0.1, 0.15) is 13.3 Å².